The largest absolute Gasteiger partial charge is 0.455 e. The lowest BCUT2D eigenvalue weighted by Crippen LogP contribution is -2.32. The van der Waals surface area contributed by atoms with E-state index in [0.29, 0.717) is 0 Å². The van der Waals surface area contributed by atoms with Crippen LogP contribution in [0.25, 0.3) is 54.9 Å². The van der Waals surface area contributed by atoms with Crippen molar-refractivity contribution in [1.82, 2.24) is 0 Å². The van der Waals surface area contributed by atoms with Crippen molar-refractivity contribution in [3.63, 3.8) is 0 Å². The summed E-state index contributed by atoms with van der Waals surface area (Å²) in [6.45, 7) is 0. The molecule has 2 nitrogen and oxygen atoms in total. The van der Waals surface area contributed by atoms with E-state index in [1.54, 1.807) is 0 Å². The minimum Gasteiger partial charge on any atom is -0.455 e. The molecule has 0 amide bonds. The van der Waals surface area contributed by atoms with E-state index in [1.165, 1.54) is 66.4 Å². The molecule has 0 N–H and O–H groups in total. The zero-order valence-corrected chi connectivity index (χ0v) is 32.2. The highest BCUT2D eigenvalue weighted by Crippen LogP contribution is 2.65. The van der Waals surface area contributed by atoms with E-state index in [2.05, 4.69) is 229 Å². The van der Waals surface area contributed by atoms with Gasteiger partial charge in [-0.05, 0) is 91.7 Å². The van der Waals surface area contributed by atoms with E-state index in [4.69, 9.17) is 4.74 Å². The van der Waals surface area contributed by atoms with Gasteiger partial charge in [-0.2, -0.15) is 0 Å². The molecule has 0 saturated heterocycles. The minimum absolute atomic E-state index is 0.591. The average Bonchev–Trinajstić information content (AvgIpc) is 3.60. The fraction of sp³-hybridized carbons (Fsp3) is 0.0175. The first kappa shape index (κ1) is 33.5. The molecule has 0 radical (unpaired) electrons. The normalized spacial score (nSPS) is 13.0. The Labute approximate surface area is 343 Å². The van der Waals surface area contributed by atoms with Crippen LogP contribution in [0.4, 0.5) is 17.1 Å². The first-order valence-electron chi connectivity index (χ1n) is 20.3. The van der Waals surface area contributed by atoms with Crippen LogP contribution in [-0.2, 0) is 5.41 Å². The summed E-state index contributed by atoms with van der Waals surface area (Å²) in [5, 5.41) is 4.58. The lowest BCUT2D eigenvalue weighted by Gasteiger charge is -2.40. The van der Waals surface area contributed by atoms with E-state index >= 15 is 0 Å². The summed E-state index contributed by atoms with van der Waals surface area (Å²) in [5.41, 5.74) is 14.9. The van der Waals surface area contributed by atoms with Crippen LogP contribution in [0.3, 0.4) is 0 Å². The van der Waals surface area contributed by atoms with Gasteiger partial charge in [-0.1, -0.05) is 188 Å². The first-order chi connectivity index (χ1) is 29.3. The second kappa shape index (κ2) is 13.2. The predicted octanol–water partition coefficient (Wildman–Crippen LogP) is 15.3. The molecule has 10 aromatic carbocycles. The number of rotatable bonds is 5. The SMILES string of the molecule is c1ccc(-c2cccc(N(c3ccccc3)c3ccc(-c4cccc5c4-c4ccccc4C54c5ccc6ccccc6c5Oc5c4ccc4ccccc54)cc3)c2)cc1. The van der Waals surface area contributed by atoms with Gasteiger partial charge in [0.2, 0.25) is 0 Å². The van der Waals surface area contributed by atoms with E-state index < -0.39 is 5.41 Å². The molecule has 1 heterocycles. The minimum atomic E-state index is -0.591. The summed E-state index contributed by atoms with van der Waals surface area (Å²) in [5.74, 6) is 1.86. The average molecular weight is 752 g/mol. The van der Waals surface area contributed by atoms with Crippen LogP contribution in [-0.4, -0.2) is 0 Å². The van der Waals surface area contributed by atoms with Gasteiger partial charge in [0.15, 0.2) is 0 Å². The summed E-state index contributed by atoms with van der Waals surface area (Å²) >= 11 is 0. The number of fused-ring (bicyclic) bond motifs is 13. The smallest absolute Gasteiger partial charge is 0.140 e. The van der Waals surface area contributed by atoms with Crippen molar-refractivity contribution in [1.29, 1.82) is 0 Å². The third kappa shape index (κ3) is 5.00. The predicted molar refractivity (Wildman–Crippen MR) is 244 cm³/mol. The highest BCUT2D eigenvalue weighted by Gasteiger charge is 2.52. The number of ether oxygens (including phenoxy) is 1. The molecular formula is C57H37NO. The molecule has 0 atom stereocenters. The van der Waals surface area contributed by atoms with Gasteiger partial charge in [0.1, 0.15) is 11.5 Å². The lowest BCUT2D eigenvalue weighted by atomic mass is 9.65. The Morgan fingerprint density at radius 1 is 0.322 bits per heavy atom. The molecule has 0 fully saturated rings. The van der Waals surface area contributed by atoms with E-state index in [1.807, 2.05) is 0 Å². The fourth-order valence-corrected chi connectivity index (χ4v) is 9.96. The van der Waals surface area contributed by atoms with Crippen LogP contribution in [0, 0.1) is 0 Å². The van der Waals surface area contributed by atoms with E-state index in [-0.39, 0.29) is 0 Å². The first-order valence-corrected chi connectivity index (χ1v) is 20.3. The van der Waals surface area contributed by atoms with Crippen molar-refractivity contribution >= 4 is 38.6 Å². The number of hydrogen-bond donors (Lipinski definition) is 0. The maximum atomic E-state index is 7.17. The molecule has 0 bridgehead atoms. The van der Waals surface area contributed by atoms with Crippen molar-refractivity contribution in [2.24, 2.45) is 0 Å². The zero-order valence-electron chi connectivity index (χ0n) is 32.2. The van der Waals surface area contributed by atoms with Gasteiger partial charge in [-0.3, -0.25) is 0 Å². The molecule has 12 rings (SSSR count). The summed E-state index contributed by atoms with van der Waals surface area (Å²) in [4.78, 5) is 2.35. The standard InChI is InChI=1S/C57H37NO/c1-3-15-38(16-4-1)42-19-13-22-45(37-42)58(43-20-5-2-6-21-43)44-33-29-41(30-34-44)46-26-14-28-51-54(46)49-25-11-12-27-50(49)57(51)52-35-31-39-17-7-9-23-47(39)55(52)59-56-48-24-10-8-18-40(48)32-36-53(56)57/h1-37H. The highest BCUT2D eigenvalue weighted by molar-refractivity contribution is 6.02. The number of hydrogen-bond acceptors (Lipinski definition) is 2. The van der Waals surface area contributed by atoms with Crippen molar-refractivity contribution in [3.8, 4) is 44.9 Å². The number of anilines is 3. The Morgan fingerprint density at radius 3 is 1.56 bits per heavy atom. The second-order valence-electron chi connectivity index (χ2n) is 15.6. The van der Waals surface area contributed by atoms with Crippen LogP contribution >= 0.6 is 0 Å². The summed E-state index contributed by atoms with van der Waals surface area (Å²) in [6.07, 6.45) is 0. The molecule has 59 heavy (non-hydrogen) atoms. The third-order valence-electron chi connectivity index (χ3n) is 12.5. The maximum Gasteiger partial charge on any atom is 0.140 e. The Morgan fingerprint density at radius 2 is 0.847 bits per heavy atom. The van der Waals surface area contributed by atoms with Crippen molar-refractivity contribution in [2.75, 3.05) is 4.90 Å². The zero-order chi connectivity index (χ0) is 38.9. The Bertz CT molecular complexity index is 3160. The van der Waals surface area contributed by atoms with Gasteiger partial charge in [0.25, 0.3) is 0 Å². The van der Waals surface area contributed by atoms with Crippen LogP contribution in [0.2, 0.25) is 0 Å². The van der Waals surface area contributed by atoms with Crippen LogP contribution in [0.5, 0.6) is 11.5 Å². The monoisotopic (exact) mass is 751 g/mol. The third-order valence-corrected chi connectivity index (χ3v) is 12.5. The van der Waals surface area contributed by atoms with Crippen molar-refractivity contribution in [3.05, 3.63) is 247 Å². The molecule has 2 aliphatic rings. The van der Waals surface area contributed by atoms with Crippen molar-refractivity contribution < 1.29 is 4.74 Å². The summed E-state index contributed by atoms with van der Waals surface area (Å²) in [7, 11) is 0. The Hall–Kier alpha value is -7.68. The molecule has 1 aliphatic heterocycles. The fourth-order valence-electron chi connectivity index (χ4n) is 9.96. The van der Waals surface area contributed by atoms with Gasteiger partial charge >= 0.3 is 0 Å². The maximum absolute atomic E-state index is 7.17. The molecular weight excluding hydrogens is 715 g/mol. The van der Waals surface area contributed by atoms with Gasteiger partial charge in [0.05, 0.1) is 5.41 Å². The molecule has 0 saturated carbocycles. The Balaban J connectivity index is 1.06. The van der Waals surface area contributed by atoms with Gasteiger partial charge in [-0.25, -0.2) is 0 Å². The molecule has 1 aliphatic carbocycles. The van der Waals surface area contributed by atoms with Gasteiger partial charge in [0, 0.05) is 39.0 Å². The number of benzene rings is 10. The highest BCUT2D eigenvalue weighted by atomic mass is 16.5. The summed E-state index contributed by atoms with van der Waals surface area (Å²) in [6, 6.07) is 81.5. The lowest BCUT2D eigenvalue weighted by molar-refractivity contribution is 0.447. The number of nitrogens with zero attached hydrogens (tertiary/aromatic N) is 1. The van der Waals surface area contributed by atoms with Crippen LogP contribution in [0.1, 0.15) is 22.3 Å². The van der Waals surface area contributed by atoms with Crippen LogP contribution < -0.4 is 9.64 Å². The number of para-hydroxylation sites is 1. The molecule has 0 aromatic heterocycles. The van der Waals surface area contributed by atoms with E-state index in [9.17, 15) is 0 Å². The van der Waals surface area contributed by atoms with Gasteiger partial charge in [-0.15, -0.1) is 0 Å². The second-order valence-corrected chi connectivity index (χ2v) is 15.6. The van der Waals surface area contributed by atoms with Crippen LogP contribution in [0.15, 0.2) is 224 Å². The summed E-state index contributed by atoms with van der Waals surface area (Å²) < 4.78 is 7.17. The molecule has 10 aromatic rings. The Kier molecular flexibility index (Phi) is 7.48. The molecule has 1 spiro atoms. The van der Waals surface area contributed by atoms with Crippen molar-refractivity contribution in [2.45, 2.75) is 5.41 Å². The quantitative estimate of drug-likeness (QED) is 0.174. The molecule has 0 unspecified atom stereocenters. The molecule has 276 valence electrons. The van der Waals surface area contributed by atoms with Gasteiger partial charge < -0.3 is 9.64 Å². The molecule has 2 heteroatoms. The topological polar surface area (TPSA) is 12.5 Å². The van der Waals surface area contributed by atoms with E-state index in [0.717, 1.165) is 39.3 Å².